The van der Waals surface area contributed by atoms with Crippen LogP contribution in [0.4, 0.5) is 5.69 Å². The summed E-state index contributed by atoms with van der Waals surface area (Å²) >= 11 is 0. The SMILES string of the molecule is Cc1cccc(N2C(=O)C[C@@H]([NH+]3CCCC[C@@H]3CCO)C2=O)c1. The number of anilines is 1. The number of quaternary nitrogens is 1. The summed E-state index contributed by atoms with van der Waals surface area (Å²) in [4.78, 5) is 27.9. The van der Waals surface area contributed by atoms with Gasteiger partial charge >= 0.3 is 0 Å². The molecule has 2 aliphatic rings. The first-order chi connectivity index (χ1) is 11.1. The molecule has 2 heterocycles. The molecule has 2 aliphatic heterocycles. The lowest BCUT2D eigenvalue weighted by atomic mass is 9.97. The Morgan fingerprint density at radius 1 is 1.30 bits per heavy atom. The molecule has 0 bridgehead atoms. The van der Waals surface area contributed by atoms with Crippen LogP contribution in [0.1, 0.15) is 37.7 Å². The molecule has 2 fully saturated rings. The number of piperidine rings is 1. The van der Waals surface area contributed by atoms with Gasteiger partial charge in [-0.1, -0.05) is 12.1 Å². The number of carbonyl (C=O) groups excluding carboxylic acids is 2. The summed E-state index contributed by atoms with van der Waals surface area (Å²) in [5.41, 5.74) is 1.72. The van der Waals surface area contributed by atoms with Crippen LogP contribution in [-0.4, -0.2) is 42.2 Å². The number of rotatable bonds is 4. The zero-order valence-electron chi connectivity index (χ0n) is 13.6. The van der Waals surface area contributed by atoms with E-state index in [-0.39, 0.29) is 36.9 Å². The van der Waals surface area contributed by atoms with Crippen molar-refractivity contribution in [2.45, 2.75) is 51.1 Å². The fourth-order valence-corrected chi connectivity index (χ4v) is 4.01. The molecule has 5 heteroatoms. The normalized spacial score (nSPS) is 28.4. The number of carbonyl (C=O) groups is 2. The topological polar surface area (TPSA) is 62.1 Å². The van der Waals surface area contributed by atoms with Crippen LogP contribution in [0.25, 0.3) is 0 Å². The van der Waals surface area contributed by atoms with Crippen LogP contribution in [-0.2, 0) is 9.59 Å². The number of hydrogen-bond acceptors (Lipinski definition) is 3. The van der Waals surface area contributed by atoms with E-state index in [0.29, 0.717) is 12.1 Å². The monoisotopic (exact) mass is 317 g/mol. The molecule has 3 rings (SSSR count). The molecule has 2 amide bonds. The summed E-state index contributed by atoms with van der Waals surface area (Å²) in [6, 6.07) is 7.53. The summed E-state index contributed by atoms with van der Waals surface area (Å²) in [5.74, 6) is -0.188. The second kappa shape index (κ2) is 6.81. The van der Waals surface area contributed by atoms with Gasteiger partial charge in [-0.3, -0.25) is 9.59 Å². The quantitative estimate of drug-likeness (QED) is 0.793. The Labute approximate surface area is 136 Å². The average Bonchev–Trinajstić information content (AvgIpc) is 2.83. The lowest BCUT2D eigenvalue weighted by molar-refractivity contribution is -0.945. The van der Waals surface area contributed by atoms with E-state index < -0.39 is 0 Å². The Morgan fingerprint density at radius 3 is 2.87 bits per heavy atom. The van der Waals surface area contributed by atoms with E-state index in [1.54, 1.807) is 0 Å². The predicted molar refractivity (Wildman–Crippen MR) is 87.2 cm³/mol. The first-order valence-corrected chi connectivity index (χ1v) is 8.51. The number of aliphatic hydroxyl groups excluding tert-OH is 1. The van der Waals surface area contributed by atoms with Gasteiger partial charge in [0.25, 0.3) is 5.91 Å². The molecule has 124 valence electrons. The van der Waals surface area contributed by atoms with Gasteiger partial charge in [0.1, 0.15) is 0 Å². The number of likely N-dealkylation sites (tertiary alicyclic amines) is 1. The van der Waals surface area contributed by atoms with Crippen LogP contribution in [0.3, 0.4) is 0 Å². The van der Waals surface area contributed by atoms with Crippen molar-refractivity contribution in [3.63, 3.8) is 0 Å². The molecule has 5 nitrogen and oxygen atoms in total. The van der Waals surface area contributed by atoms with E-state index in [0.717, 1.165) is 31.4 Å². The number of aliphatic hydroxyl groups is 1. The molecule has 0 aliphatic carbocycles. The second-order valence-electron chi connectivity index (χ2n) is 6.69. The average molecular weight is 317 g/mol. The molecule has 3 atom stereocenters. The largest absolute Gasteiger partial charge is 0.396 e. The number of amides is 2. The highest BCUT2D eigenvalue weighted by molar-refractivity contribution is 6.21. The second-order valence-corrected chi connectivity index (χ2v) is 6.69. The van der Waals surface area contributed by atoms with Crippen LogP contribution in [0.2, 0.25) is 0 Å². The molecule has 0 aromatic heterocycles. The number of imide groups is 1. The highest BCUT2D eigenvalue weighted by Crippen LogP contribution is 2.23. The van der Waals surface area contributed by atoms with Crippen molar-refractivity contribution < 1.29 is 19.6 Å². The Bertz CT molecular complexity index is 600. The fourth-order valence-electron chi connectivity index (χ4n) is 4.01. The summed E-state index contributed by atoms with van der Waals surface area (Å²) in [7, 11) is 0. The summed E-state index contributed by atoms with van der Waals surface area (Å²) in [5, 5.41) is 9.28. The van der Waals surface area contributed by atoms with Gasteiger partial charge in [0.05, 0.1) is 24.7 Å². The van der Waals surface area contributed by atoms with Gasteiger partial charge in [-0.25, -0.2) is 4.90 Å². The maximum absolute atomic E-state index is 12.9. The summed E-state index contributed by atoms with van der Waals surface area (Å²) in [6.07, 6.45) is 4.24. The molecule has 1 aromatic carbocycles. The number of nitrogens with zero attached hydrogens (tertiary/aromatic N) is 1. The van der Waals surface area contributed by atoms with Crippen LogP contribution < -0.4 is 9.80 Å². The highest BCUT2D eigenvalue weighted by atomic mass is 16.3. The smallest absolute Gasteiger partial charge is 0.292 e. The molecular formula is C18H25N2O3+. The van der Waals surface area contributed by atoms with Crippen molar-refractivity contribution >= 4 is 17.5 Å². The third-order valence-corrected chi connectivity index (χ3v) is 5.12. The molecule has 1 unspecified atom stereocenters. The third kappa shape index (κ3) is 3.16. The molecule has 2 N–H and O–H groups in total. The van der Waals surface area contributed by atoms with E-state index >= 15 is 0 Å². The Morgan fingerprint density at radius 2 is 2.13 bits per heavy atom. The predicted octanol–water partition coefficient (Wildman–Crippen LogP) is 0.447. The Hall–Kier alpha value is -1.72. The first kappa shape index (κ1) is 16.1. The van der Waals surface area contributed by atoms with Gasteiger partial charge in [-0.15, -0.1) is 0 Å². The van der Waals surface area contributed by atoms with E-state index in [2.05, 4.69) is 0 Å². The maximum atomic E-state index is 12.9. The number of hydrogen-bond donors (Lipinski definition) is 2. The fraction of sp³-hybridized carbons (Fsp3) is 0.556. The molecule has 0 spiro atoms. The molecule has 2 saturated heterocycles. The van der Waals surface area contributed by atoms with E-state index in [1.165, 1.54) is 9.80 Å². The van der Waals surface area contributed by atoms with Gasteiger partial charge in [-0.05, 0) is 43.9 Å². The van der Waals surface area contributed by atoms with Gasteiger partial charge in [0.15, 0.2) is 6.04 Å². The van der Waals surface area contributed by atoms with Gasteiger partial charge in [0.2, 0.25) is 5.91 Å². The maximum Gasteiger partial charge on any atom is 0.292 e. The molecule has 0 radical (unpaired) electrons. The Kier molecular flexibility index (Phi) is 4.78. The number of benzene rings is 1. The molecule has 1 aromatic rings. The van der Waals surface area contributed by atoms with Crippen molar-refractivity contribution in [1.82, 2.24) is 0 Å². The van der Waals surface area contributed by atoms with Crippen molar-refractivity contribution in [3.05, 3.63) is 29.8 Å². The van der Waals surface area contributed by atoms with Crippen molar-refractivity contribution in [3.8, 4) is 0 Å². The van der Waals surface area contributed by atoms with Crippen LogP contribution >= 0.6 is 0 Å². The van der Waals surface area contributed by atoms with Gasteiger partial charge < -0.3 is 10.0 Å². The Balaban J connectivity index is 1.83. The minimum absolute atomic E-state index is 0.0829. The number of aryl methyl sites for hydroxylation is 1. The highest BCUT2D eigenvalue weighted by Gasteiger charge is 2.48. The summed E-state index contributed by atoms with van der Waals surface area (Å²) in [6.45, 7) is 3.01. The minimum atomic E-state index is -0.292. The molecular weight excluding hydrogens is 292 g/mol. The van der Waals surface area contributed by atoms with E-state index in [9.17, 15) is 14.7 Å². The van der Waals surface area contributed by atoms with Crippen LogP contribution in [0, 0.1) is 6.92 Å². The van der Waals surface area contributed by atoms with E-state index in [4.69, 9.17) is 0 Å². The summed E-state index contributed by atoms with van der Waals surface area (Å²) < 4.78 is 0. The van der Waals surface area contributed by atoms with Gasteiger partial charge in [0, 0.05) is 13.0 Å². The lowest BCUT2D eigenvalue weighted by Crippen LogP contribution is -3.20. The third-order valence-electron chi connectivity index (χ3n) is 5.12. The van der Waals surface area contributed by atoms with E-state index in [1.807, 2.05) is 31.2 Å². The lowest BCUT2D eigenvalue weighted by Gasteiger charge is -2.35. The number of nitrogens with one attached hydrogen (secondary N) is 1. The molecule has 0 saturated carbocycles. The van der Waals surface area contributed by atoms with Crippen LogP contribution in [0.15, 0.2) is 24.3 Å². The van der Waals surface area contributed by atoms with Crippen molar-refractivity contribution in [2.75, 3.05) is 18.1 Å². The molecule has 23 heavy (non-hydrogen) atoms. The first-order valence-electron chi connectivity index (χ1n) is 8.51. The minimum Gasteiger partial charge on any atom is -0.396 e. The zero-order valence-corrected chi connectivity index (χ0v) is 13.6. The van der Waals surface area contributed by atoms with Crippen molar-refractivity contribution in [2.24, 2.45) is 0 Å². The van der Waals surface area contributed by atoms with Crippen LogP contribution in [0.5, 0.6) is 0 Å². The van der Waals surface area contributed by atoms with Gasteiger partial charge in [-0.2, -0.15) is 0 Å². The zero-order chi connectivity index (χ0) is 16.4. The van der Waals surface area contributed by atoms with Crippen molar-refractivity contribution in [1.29, 1.82) is 0 Å². The standard InChI is InChI=1S/C18H24N2O3/c1-13-5-4-7-15(11-13)20-17(22)12-16(18(20)23)19-9-3-2-6-14(19)8-10-21/h4-5,7,11,14,16,21H,2-3,6,8-10,12H2,1H3/p+1/t14-,16-/m1/s1.